The molecule has 6 aromatic carbocycles. The number of nitrogens with one attached hydrogen (secondary N) is 3. The summed E-state index contributed by atoms with van der Waals surface area (Å²) in [6, 6.07) is 49.2. The second-order valence-electron chi connectivity index (χ2n) is 15.3. The summed E-state index contributed by atoms with van der Waals surface area (Å²) in [6.07, 6.45) is 1.96. The van der Waals surface area contributed by atoms with Crippen molar-refractivity contribution >= 4 is 91.8 Å². The molecule has 64 heavy (non-hydrogen) atoms. The summed E-state index contributed by atoms with van der Waals surface area (Å²) in [6.45, 7) is 1.55. The second-order valence-corrected chi connectivity index (χ2v) is 19.4. The molecule has 3 amide bonds. The molecule has 3 aliphatic heterocycles. The SMILES string of the molecule is O=C1NC(C(c2ccccc2)c2ccc(Br)cc2)C(=O)C1Sc1ccccc1Cl.O=C1NN(C(c2ccccc2)c2ccc(NC3CCOCC3)cc2)C(=O)C1Sc1ccccc1Cl. The lowest BCUT2D eigenvalue weighted by Crippen LogP contribution is -2.40. The van der Waals surface area contributed by atoms with E-state index in [9.17, 15) is 19.2 Å². The molecule has 0 saturated carbocycles. The molecular formula is C50H43BrCl2N4O5S2. The highest BCUT2D eigenvalue weighted by atomic mass is 79.9. The predicted octanol–water partition coefficient (Wildman–Crippen LogP) is 10.5. The number of ether oxygens (including phenoxy) is 1. The third kappa shape index (κ3) is 10.7. The van der Waals surface area contributed by atoms with Crippen LogP contribution in [0.1, 0.15) is 47.1 Å². The first-order valence-corrected chi connectivity index (χ1v) is 24.0. The minimum absolute atomic E-state index is 0.128. The van der Waals surface area contributed by atoms with Gasteiger partial charge in [-0.05, 0) is 83.6 Å². The molecule has 3 aliphatic rings. The Balaban J connectivity index is 0.000000178. The van der Waals surface area contributed by atoms with Crippen molar-refractivity contribution in [2.75, 3.05) is 18.5 Å². The van der Waals surface area contributed by atoms with Gasteiger partial charge in [0.1, 0.15) is 17.3 Å². The Morgan fingerprint density at radius 2 is 1.11 bits per heavy atom. The first-order valence-electron chi connectivity index (χ1n) is 20.7. The van der Waals surface area contributed by atoms with Gasteiger partial charge in [0.2, 0.25) is 5.91 Å². The molecule has 0 aliphatic carbocycles. The lowest BCUT2D eigenvalue weighted by Gasteiger charge is -2.29. The van der Waals surface area contributed by atoms with Crippen LogP contribution in [0.5, 0.6) is 0 Å². The van der Waals surface area contributed by atoms with E-state index in [-0.39, 0.29) is 29.4 Å². The van der Waals surface area contributed by atoms with Gasteiger partial charge in [-0.15, -0.1) is 23.5 Å². The number of amides is 3. The highest BCUT2D eigenvalue weighted by molar-refractivity contribution is 9.10. The molecule has 326 valence electrons. The van der Waals surface area contributed by atoms with Crippen molar-refractivity contribution in [3.05, 3.63) is 194 Å². The molecule has 6 aromatic rings. The molecule has 3 saturated heterocycles. The molecule has 0 bridgehead atoms. The van der Waals surface area contributed by atoms with E-state index < -0.39 is 22.6 Å². The fraction of sp³-hybridized carbons (Fsp3) is 0.200. The largest absolute Gasteiger partial charge is 0.382 e. The molecule has 3 fully saturated rings. The van der Waals surface area contributed by atoms with E-state index in [1.807, 2.05) is 146 Å². The summed E-state index contributed by atoms with van der Waals surface area (Å²) in [7, 11) is 0. The Kier molecular flexibility index (Phi) is 15.1. The number of rotatable bonds is 12. The molecule has 0 spiro atoms. The molecule has 9 rings (SSSR count). The Labute approximate surface area is 399 Å². The molecule has 14 heteroatoms. The summed E-state index contributed by atoms with van der Waals surface area (Å²) >= 11 is 18.4. The third-order valence-electron chi connectivity index (χ3n) is 11.1. The number of hydrazine groups is 1. The van der Waals surface area contributed by atoms with Crippen LogP contribution in [0.15, 0.2) is 172 Å². The van der Waals surface area contributed by atoms with Crippen molar-refractivity contribution in [3.63, 3.8) is 0 Å². The van der Waals surface area contributed by atoms with Crippen LogP contribution in [0, 0.1) is 0 Å². The Morgan fingerprint density at radius 3 is 1.70 bits per heavy atom. The first-order chi connectivity index (χ1) is 31.1. The van der Waals surface area contributed by atoms with Crippen LogP contribution < -0.4 is 16.1 Å². The normalized spacial score (nSPS) is 19.6. The van der Waals surface area contributed by atoms with Gasteiger partial charge in [-0.1, -0.05) is 148 Å². The van der Waals surface area contributed by atoms with Crippen LogP contribution >= 0.6 is 62.7 Å². The maximum atomic E-state index is 13.5. The monoisotopic (exact) mass is 992 g/mol. The molecular weight excluding hydrogens is 952 g/mol. The van der Waals surface area contributed by atoms with Crippen molar-refractivity contribution in [1.82, 2.24) is 15.8 Å². The zero-order chi connectivity index (χ0) is 44.6. The number of Topliss-reactive ketones (excluding diaryl/α,β-unsaturated/α-hetero) is 1. The van der Waals surface area contributed by atoms with Gasteiger partial charge in [-0.25, -0.2) is 5.01 Å². The smallest absolute Gasteiger partial charge is 0.265 e. The number of ketones is 1. The number of nitrogens with zero attached hydrogens (tertiary/aromatic N) is 1. The quantitative estimate of drug-likeness (QED) is 0.104. The van der Waals surface area contributed by atoms with Gasteiger partial charge < -0.3 is 15.4 Å². The number of benzene rings is 6. The number of hydrogen-bond donors (Lipinski definition) is 3. The molecule has 5 unspecified atom stereocenters. The van der Waals surface area contributed by atoms with Gasteiger partial charge >= 0.3 is 0 Å². The fourth-order valence-electron chi connectivity index (χ4n) is 7.93. The van der Waals surface area contributed by atoms with E-state index in [2.05, 4.69) is 32.0 Å². The standard InChI is InChI=1S/C27H26ClN3O3S.C23H17BrClNO2S/c28-22-8-4-5-9-23(22)35-25-26(32)30-31(27(25)33)24(18-6-2-1-3-7-18)19-10-12-20(13-11-19)29-21-14-16-34-17-15-21;24-16-12-10-15(11-13-16)19(14-6-2-1-3-7-14)20-21(27)22(23(28)26-20)29-18-9-5-4-8-17(18)25/h1-13,21,24-25,29H,14-17H2,(H,30,32);1-13,19-20,22H,(H,26,28). The fourth-order valence-corrected chi connectivity index (χ4v) is 10.7. The maximum absolute atomic E-state index is 13.5. The number of carbonyl (C=O) groups is 4. The van der Waals surface area contributed by atoms with Crippen LogP contribution in [-0.2, 0) is 23.9 Å². The van der Waals surface area contributed by atoms with Gasteiger partial charge in [0.25, 0.3) is 11.8 Å². The Hall–Kier alpha value is -5.08. The molecule has 3 heterocycles. The number of thioether (sulfide) groups is 2. The van der Waals surface area contributed by atoms with Gasteiger partial charge in [0.15, 0.2) is 11.0 Å². The molecule has 9 nitrogen and oxygen atoms in total. The molecule has 0 aromatic heterocycles. The second kappa shape index (κ2) is 21.3. The van der Waals surface area contributed by atoms with E-state index in [0.717, 1.165) is 63.4 Å². The van der Waals surface area contributed by atoms with E-state index in [0.29, 0.717) is 21.0 Å². The minimum atomic E-state index is -0.907. The van der Waals surface area contributed by atoms with E-state index in [1.165, 1.54) is 28.5 Å². The lowest BCUT2D eigenvalue weighted by molar-refractivity contribution is -0.131. The maximum Gasteiger partial charge on any atom is 0.265 e. The van der Waals surface area contributed by atoms with Gasteiger partial charge in [0, 0.05) is 45.1 Å². The van der Waals surface area contributed by atoms with E-state index >= 15 is 0 Å². The summed E-state index contributed by atoms with van der Waals surface area (Å²) in [4.78, 5) is 53.9. The van der Waals surface area contributed by atoms with Crippen LogP contribution in [0.2, 0.25) is 10.0 Å². The average Bonchev–Trinajstić information content (AvgIpc) is 3.75. The minimum Gasteiger partial charge on any atom is -0.382 e. The molecule has 0 radical (unpaired) electrons. The number of halogens is 3. The highest BCUT2D eigenvalue weighted by Gasteiger charge is 2.47. The van der Waals surface area contributed by atoms with Crippen LogP contribution in [-0.4, -0.2) is 64.3 Å². The van der Waals surface area contributed by atoms with Crippen LogP contribution in [0.3, 0.4) is 0 Å². The Morgan fingerprint density at radius 1 is 0.609 bits per heavy atom. The summed E-state index contributed by atoms with van der Waals surface area (Å²) in [5, 5.41) is 7.29. The summed E-state index contributed by atoms with van der Waals surface area (Å²) in [5.74, 6) is -1.31. The van der Waals surface area contributed by atoms with Gasteiger partial charge in [0.05, 0.1) is 10.0 Å². The van der Waals surface area contributed by atoms with Crippen molar-refractivity contribution < 1.29 is 23.9 Å². The van der Waals surface area contributed by atoms with E-state index in [4.69, 9.17) is 27.9 Å². The molecule has 5 atom stereocenters. The number of hydrogen-bond acceptors (Lipinski definition) is 8. The first kappa shape index (κ1) is 45.5. The number of carbonyl (C=O) groups excluding carboxylic acids is 4. The predicted molar refractivity (Wildman–Crippen MR) is 259 cm³/mol. The van der Waals surface area contributed by atoms with E-state index in [1.54, 1.807) is 12.1 Å². The van der Waals surface area contributed by atoms with Crippen molar-refractivity contribution in [2.24, 2.45) is 0 Å². The zero-order valence-corrected chi connectivity index (χ0v) is 39.0. The average molecular weight is 995 g/mol. The highest BCUT2D eigenvalue weighted by Crippen LogP contribution is 2.39. The Bertz CT molecular complexity index is 2590. The zero-order valence-electron chi connectivity index (χ0n) is 34.2. The van der Waals surface area contributed by atoms with Crippen molar-refractivity contribution in [1.29, 1.82) is 0 Å². The number of anilines is 1. The van der Waals surface area contributed by atoms with Crippen molar-refractivity contribution in [3.8, 4) is 0 Å². The molecule has 3 N–H and O–H groups in total. The summed E-state index contributed by atoms with van der Waals surface area (Å²) < 4.78 is 6.40. The lowest BCUT2D eigenvalue weighted by atomic mass is 9.84. The van der Waals surface area contributed by atoms with Gasteiger partial charge in [-0.3, -0.25) is 24.6 Å². The van der Waals surface area contributed by atoms with Gasteiger partial charge in [-0.2, -0.15) is 0 Å². The topological polar surface area (TPSA) is 117 Å². The van der Waals surface area contributed by atoms with Crippen LogP contribution in [0.25, 0.3) is 0 Å². The van der Waals surface area contributed by atoms with Crippen molar-refractivity contribution in [2.45, 2.75) is 57.2 Å². The summed E-state index contributed by atoms with van der Waals surface area (Å²) in [5.41, 5.74) is 7.62. The third-order valence-corrected chi connectivity index (χ3v) is 15.1. The van der Waals surface area contributed by atoms with Crippen LogP contribution in [0.4, 0.5) is 5.69 Å².